The number of amides is 1. The fraction of sp³-hybridized carbons (Fsp3) is 0.333. The maximum Gasteiger partial charge on any atom is 0.307 e. The Morgan fingerprint density at radius 3 is 2.83 bits per heavy atom. The summed E-state index contributed by atoms with van der Waals surface area (Å²) in [5.74, 6) is 0.536. The van der Waals surface area contributed by atoms with Crippen LogP contribution in [0.3, 0.4) is 0 Å². The van der Waals surface area contributed by atoms with Crippen LogP contribution in [0.2, 0.25) is 0 Å². The maximum absolute atomic E-state index is 12.5. The van der Waals surface area contributed by atoms with E-state index in [2.05, 4.69) is 9.97 Å². The molecule has 0 aromatic carbocycles. The van der Waals surface area contributed by atoms with Crippen LogP contribution in [-0.2, 0) is 11.3 Å². The molecule has 3 aromatic heterocycles. The van der Waals surface area contributed by atoms with Crippen molar-refractivity contribution >= 4 is 44.6 Å². The van der Waals surface area contributed by atoms with Crippen molar-refractivity contribution in [3.05, 3.63) is 38.0 Å². The molecule has 0 N–H and O–H groups in total. The first-order chi connectivity index (χ1) is 11.0. The molecule has 0 atom stereocenters. The monoisotopic (exact) mass is 348 g/mol. The van der Waals surface area contributed by atoms with Crippen molar-refractivity contribution in [3.8, 4) is 0 Å². The maximum atomic E-state index is 12.5. The molecule has 0 unspecified atom stereocenters. The van der Waals surface area contributed by atoms with E-state index < -0.39 is 0 Å². The number of carbonyl (C=O) groups is 1. The fourth-order valence-electron chi connectivity index (χ4n) is 2.35. The predicted molar refractivity (Wildman–Crippen MR) is 93.5 cm³/mol. The Bertz CT molecular complexity index is 925. The van der Waals surface area contributed by atoms with Crippen molar-refractivity contribution in [2.24, 2.45) is 0 Å². The third-order valence-electron chi connectivity index (χ3n) is 3.84. The van der Waals surface area contributed by atoms with Gasteiger partial charge in [-0.2, -0.15) is 0 Å². The second kappa shape index (κ2) is 6.21. The molecule has 0 aliphatic heterocycles. The zero-order valence-corrected chi connectivity index (χ0v) is 14.7. The summed E-state index contributed by atoms with van der Waals surface area (Å²) in [5, 5.41) is 1.93. The van der Waals surface area contributed by atoms with Crippen LogP contribution in [0.5, 0.6) is 0 Å². The smallest absolute Gasteiger partial charge is 0.303 e. The summed E-state index contributed by atoms with van der Waals surface area (Å²) in [5.41, 5.74) is 1.76. The lowest BCUT2D eigenvalue weighted by atomic mass is 10.3. The van der Waals surface area contributed by atoms with E-state index >= 15 is 0 Å². The number of carbonyl (C=O) groups excluding carboxylic acids is 1. The number of aryl methyl sites for hydroxylation is 1. The zero-order chi connectivity index (χ0) is 16.6. The molecule has 3 rings (SSSR count). The van der Waals surface area contributed by atoms with Crippen molar-refractivity contribution < 1.29 is 4.79 Å². The summed E-state index contributed by atoms with van der Waals surface area (Å²) in [6, 6.07) is 1.90. The van der Waals surface area contributed by atoms with Gasteiger partial charge in [0.25, 0.3) is 0 Å². The number of hydrogen-bond acceptors (Lipinski definition) is 6. The Morgan fingerprint density at radius 1 is 1.35 bits per heavy atom. The van der Waals surface area contributed by atoms with Gasteiger partial charge in [0, 0.05) is 30.6 Å². The number of fused-ring (bicyclic) bond motifs is 1. The quantitative estimate of drug-likeness (QED) is 0.727. The van der Waals surface area contributed by atoms with E-state index in [-0.39, 0.29) is 17.2 Å². The molecule has 8 heteroatoms. The predicted octanol–water partition coefficient (Wildman–Crippen LogP) is 2.58. The Balaban J connectivity index is 1.78. The number of thiophene rings is 1. The summed E-state index contributed by atoms with van der Waals surface area (Å²) in [6.45, 7) is 4.21. The summed E-state index contributed by atoms with van der Waals surface area (Å²) in [4.78, 5) is 35.3. The van der Waals surface area contributed by atoms with Crippen molar-refractivity contribution in [1.29, 1.82) is 0 Å². The van der Waals surface area contributed by atoms with Gasteiger partial charge in [0.05, 0.1) is 10.2 Å². The molecule has 0 spiro atoms. The van der Waals surface area contributed by atoms with Gasteiger partial charge < -0.3 is 4.57 Å². The van der Waals surface area contributed by atoms with Crippen molar-refractivity contribution in [2.45, 2.75) is 26.8 Å². The van der Waals surface area contributed by atoms with Gasteiger partial charge in [0.2, 0.25) is 5.91 Å². The van der Waals surface area contributed by atoms with E-state index in [9.17, 15) is 9.59 Å². The molecule has 1 amide bonds. The molecule has 0 aliphatic rings. The largest absolute Gasteiger partial charge is 0.307 e. The number of hydrogen-bond donors (Lipinski definition) is 0. The van der Waals surface area contributed by atoms with E-state index in [0.29, 0.717) is 12.4 Å². The first-order valence-corrected chi connectivity index (χ1v) is 8.80. The SMILES string of the molecule is Cc1sc(=O)n(CCC(=O)N(C)c2ncnc3ccsc23)c1C. The molecule has 6 nitrogen and oxygen atoms in total. The standard InChI is InChI=1S/C15H16N4O2S2/c1-9-10(2)23-15(21)19(9)6-4-12(20)18(3)14-13-11(5-7-22-13)16-8-17-14/h5,7-8H,4,6H2,1-3H3. The van der Waals surface area contributed by atoms with Crippen molar-refractivity contribution in [3.63, 3.8) is 0 Å². The van der Waals surface area contributed by atoms with Gasteiger partial charge in [0.15, 0.2) is 5.82 Å². The Labute approximate surface area is 141 Å². The fourth-order valence-corrected chi connectivity index (χ4v) is 4.08. The number of thiazole rings is 1. The Kier molecular flexibility index (Phi) is 4.27. The van der Waals surface area contributed by atoms with E-state index in [1.807, 2.05) is 25.3 Å². The highest BCUT2D eigenvalue weighted by atomic mass is 32.1. The highest BCUT2D eigenvalue weighted by Gasteiger charge is 2.17. The minimum Gasteiger partial charge on any atom is -0.303 e. The third-order valence-corrected chi connectivity index (χ3v) is 5.74. The first-order valence-electron chi connectivity index (χ1n) is 7.10. The Hall–Kier alpha value is -2.06. The molecule has 0 saturated heterocycles. The topological polar surface area (TPSA) is 68.1 Å². The molecule has 120 valence electrons. The van der Waals surface area contributed by atoms with Crippen LogP contribution in [-0.4, -0.2) is 27.5 Å². The number of anilines is 1. The van der Waals surface area contributed by atoms with Crippen molar-refractivity contribution in [2.75, 3.05) is 11.9 Å². The van der Waals surface area contributed by atoms with Crippen LogP contribution in [0.15, 0.2) is 22.6 Å². The average Bonchev–Trinajstić information content (AvgIpc) is 3.10. The van der Waals surface area contributed by atoms with Crippen LogP contribution in [0.1, 0.15) is 17.0 Å². The lowest BCUT2D eigenvalue weighted by Gasteiger charge is -2.17. The van der Waals surface area contributed by atoms with Crippen LogP contribution >= 0.6 is 22.7 Å². The summed E-state index contributed by atoms with van der Waals surface area (Å²) in [7, 11) is 1.71. The van der Waals surface area contributed by atoms with E-state index in [4.69, 9.17) is 0 Å². The average molecular weight is 348 g/mol. The van der Waals surface area contributed by atoms with Gasteiger partial charge in [-0.05, 0) is 25.3 Å². The van der Waals surface area contributed by atoms with Gasteiger partial charge in [0.1, 0.15) is 6.33 Å². The number of aromatic nitrogens is 3. The van der Waals surface area contributed by atoms with Gasteiger partial charge in [-0.15, -0.1) is 11.3 Å². The molecule has 3 aromatic rings. The van der Waals surface area contributed by atoms with Crippen molar-refractivity contribution in [1.82, 2.24) is 14.5 Å². The van der Waals surface area contributed by atoms with E-state index in [0.717, 1.165) is 20.8 Å². The molecular formula is C15H16N4O2S2. The second-order valence-corrected chi connectivity index (χ2v) is 7.28. The lowest BCUT2D eigenvalue weighted by Crippen LogP contribution is -2.29. The van der Waals surface area contributed by atoms with Crippen LogP contribution in [0, 0.1) is 13.8 Å². The molecule has 3 heterocycles. The van der Waals surface area contributed by atoms with E-state index in [1.165, 1.54) is 29.0 Å². The third kappa shape index (κ3) is 2.91. The molecule has 0 radical (unpaired) electrons. The molecule has 0 aliphatic carbocycles. The van der Waals surface area contributed by atoms with Gasteiger partial charge >= 0.3 is 4.87 Å². The molecule has 23 heavy (non-hydrogen) atoms. The van der Waals surface area contributed by atoms with E-state index in [1.54, 1.807) is 16.5 Å². The van der Waals surface area contributed by atoms with Gasteiger partial charge in [-0.1, -0.05) is 11.3 Å². The molecule has 0 saturated carbocycles. The van der Waals surface area contributed by atoms with Crippen LogP contribution in [0.4, 0.5) is 5.82 Å². The highest BCUT2D eigenvalue weighted by molar-refractivity contribution is 7.17. The van der Waals surface area contributed by atoms with Crippen LogP contribution < -0.4 is 9.77 Å². The Morgan fingerprint density at radius 2 is 2.13 bits per heavy atom. The second-order valence-electron chi connectivity index (χ2n) is 5.20. The normalized spacial score (nSPS) is 11.1. The highest BCUT2D eigenvalue weighted by Crippen LogP contribution is 2.27. The minimum atomic E-state index is -0.0754. The molecular weight excluding hydrogens is 332 g/mol. The summed E-state index contributed by atoms with van der Waals surface area (Å²) < 4.78 is 2.55. The summed E-state index contributed by atoms with van der Waals surface area (Å²) in [6.07, 6.45) is 1.72. The summed E-state index contributed by atoms with van der Waals surface area (Å²) >= 11 is 2.73. The van der Waals surface area contributed by atoms with Crippen LogP contribution in [0.25, 0.3) is 10.2 Å². The lowest BCUT2D eigenvalue weighted by molar-refractivity contribution is -0.118. The number of rotatable bonds is 4. The first kappa shape index (κ1) is 15.8. The zero-order valence-electron chi connectivity index (χ0n) is 13.1. The number of nitrogens with zero attached hydrogens (tertiary/aromatic N) is 4. The van der Waals surface area contributed by atoms with Gasteiger partial charge in [-0.3, -0.25) is 14.5 Å². The molecule has 0 fully saturated rings. The minimum absolute atomic E-state index is 0.0156. The molecule has 0 bridgehead atoms. The van der Waals surface area contributed by atoms with Gasteiger partial charge in [-0.25, -0.2) is 9.97 Å².